The normalized spacial score (nSPS) is 19.7. The number of hydrogen-bond donors (Lipinski definition) is 0. The lowest BCUT2D eigenvalue weighted by Crippen LogP contribution is -2.52. The maximum atomic E-state index is 12.2. The zero-order valence-electron chi connectivity index (χ0n) is 10.3. The Morgan fingerprint density at radius 1 is 1.50 bits per heavy atom. The fourth-order valence-electron chi connectivity index (χ4n) is 1.90. The molecule has 0 aromatic carbocycles. The van der Waals surface area contributed by atoms with Gasteiger partial charge in [0.25, 0.3) is 5.91 Å². The van der Waals surface area contributed by atoms with Crippen LogP contribution in [0.5, 0.6) is 0 Å². The third-order valence-corrected chi connectivity index (χ3v) is 2.84. The summed E-state index contributed by atoms with van der Waals surface area (Å²) in [5, 5.41) is 0. The number of carbonyl (C=O) groups excluding carboxylic acids is 2. The summed E-state index contributed by atoms with van der Waals surface area (Å²) in [7, 11) is 1.29. The maximum Gasteiger partial charge on any atom is 0.331 e. The van der Waals surface area contributed by atoms with Crippen molar-refractivity contribution in [2.24, 2.45) is 0 Å². The van der Waals surface area contributed by atoms with Gasteiger partial charge in [-0.1, -0.05) is 0 Å². The molecule has 1 amide bonds. The molecule has 0 aliphatic carbocycles. The van der Waals surface area contributed by atoms with Gasteiger partial charge < -0.3 is 18.8 Å². The summed E-state index contributed by atoms with van der Waals surface area (Å²) in [6.07, 6.45) is 1.39. The molecule has 18 heavy (non-hydrogen) atoms. The van der Waals surface area contributed by atoms with Crippen molar-refractivity contribution in [1.82, 2.24) is 4.90 Å². The van der Waals surface area contributed by atoms with E-state index in [0.717, 1.165) is 0 Å². The summed E-state index contributed by atoms with van der Waals surface area (Å²) < 4.78 is 15.0. The molecule has 1 fully saturated rings. The standard InChI is InChI=1S/C12H15NO5/c1-8-5-9(6-18-8)11(14)13-3-4-17-7-10(13)12(15)16-2/h5-6,10H,3-4,7H2,1-2H3. The van der Waals surface area contributed by atoms with E-state index in [4.69, 9.17) is 9.15 Å². The molecule has 1 aliphatic heterocycles. The molecular weight excluding hydrogens is 238 g/mol. The topological polar surface area (TPSA) is 69.0 Å². The van der Waals surface area contributed by atoms with Crippen LogP contribution in [-0.2, 0) is 14.3 Å². The van der Waals surface area contributed by atoms with Gasteiger partial charge in [0, 0.05) is 6.54 Å². The Labute approximate surface area is 104 Å². The first-order valence-electron chi connectivity index (χ1n) is 5.65. The van der Waals surface area contributed by atoms with Crippen molar-refractivity contribution in [3.05, 3.63) is 23.7 Å². The third kappa shape index (κ3) is 2.38. The molecule has 6 heteroatoms. The second-order valence-electron chi connectivity index (χ2n) is 4.06. The van der Waals surface area contributed by atoms with Crippen LogP contribution in [-0.4, -0.2) is 49.7 Å². The van der Waals surface area contributed by atoms with Crippen LogP contribution in [0.2, 0.25) is 0 Å². The predicted octanol–water partition coefficient (Wildman–Crippen LogP) is 0.602. The Kier molecular flexibility index (Phi) is 3.66. The Morgan fingerprint density at radius 2 is 2.28 bits per heavy atom. The van der Waals surface area contributed by atoms with Gasteiger partial charge in [-0.25, -0.2) is 4.79 Å². The van der Waals surface area contributed by atoms with Crippen LogP contribution in [0, 0.1) is 6.92 Å². The highest BCUT2D eigenvalue weighted by molar-refractivity contribution is 5.96. The van der Waals surface area contributed by atoms with Crippen LogP contribution in [0.3, 0.4) is 0 Å². The molecule has 1 saturated heterocycles. The first-order valence-corrected chi connectivity index (χ1v) is 5.65. The van der Waals surface area contributed by atoms with E-state index >= 15 is 0 Å². The Balaban J connectivity index is 2.18. The van der Waals surface area contributed by atoms with E-state index in [-0.39, 0.29) is 12.5 Å². The highest BCUT2D eigenvalue weighted by Crippen LogP contribution is 2.15. The highest BCUT2D eigenvalue weighted by Gasteiger charge is 2.34. The minimum absolute atomic E-state index is 0.162. The summed E-state index contributed by atoms with van der Waals surface area (Å²) in [6, 6.07) is 0.957. The summed E-state index contributed by atoms with van der Waals surface area (Å²) in [4.78, 5) is 25.3. The van der Waals surface area contributed by atoms with Gasteiger partial charge in [-0.15, -0.1) is 0 Å². The molecule has 2 heterocycles. The summed E-state index contributed by atoms with van der Waals surface area (Å²) in [6.45, 7) is 2.70. The average Bonchev–Trinajstić information content (AvgIpc) is 2.83. The molecule has 0 saturated carbocycles. The summed E-state index contributed by atoms with van der Waals surface area (Å²) in [5.74, 6) is -0.0601. The van der Waals surface area contributed by atoms with E-state index in [1.807, 2.05) is 0 Å². The number of furan rings is 1. The smallest absolute Gasteiger partial charge is 0.331 e. The largest absolute Gasteiger partial charge is 0.469 e. The minimum Gasteiger partial charge on any atom is -0.469 e. The Morgan fingerprint density at radius 3 is 2.89 bits per heavy atom. The average molecular weight is 253 g/mol. The van der Waals surface area contributed by atoms with Crippen molar-refractivity contribution in [2.75, 3.05) is 26.9 Å². The SMILES string of the molecule is COC(=O)C1COCCN1C(=O)c1coc(C)c1. The van der Waals surface area contributed by atoms with Crippen LogP contribution in [0.4, 0.5) is 0 Å². The highest BCUT2D eigenvalue weighted by atomic mass is 16.5. The van der Waals surface area contributed by atoms with Gasteiger partial charge in [-0.3, -0.25) is 4.79 Å². The van der Waals surface area contributed by atoms with Gasteiger partial charge in [-0.2, -0.15) is 0 Å². The van der Waals surface area contributed by atoms with E-state index in [2.05, 4.69) is 4.74 Å². The second kappa shape index (κ2) is 5.22. The molecule has 1 aliphatic rings. The fourth-order valence-corrected chi connectivity index (χ4v) is 1.90. The zero-order chi connectivity index (χ0) is 13.1. The monoisotopic (exact) mass is 253 g/mol. The number of carbonyl (C=O) groups is 2. The lowest BCUT2D eigenvalue weighted by Gasteiger charge is -2.33. The van der Waals surface area contributed by atoms with Crippen LogP contribution >= 0.6 is 0 Å². The second-order valence-corrected chi connectivity index (χ2v) is 4.06. The molecule has 0 bridgehead atoms. The molecule has 0 radical (unpaired) electrons. The van der Waals surface area contributed by atoms with Gasteiger partial charge in [0.1, 0.15) is 12.0 Å². The molecule has 1 atom stereocenters. The maximum absolute atomic E-state index is 12.2. The van der Waals surface area contributed by atoms with Crippen LogP contribution < -0.4 is 0 Å². The fraction of sp³-hybridized carbons (Fsp3) is 0.500. The molecule has 0 N–H and O–H groups in total. The number of amides is 1. The van der Waals surface area contributed by atoms with Crippen molar-refractivity contribution < 1.29 is 23.5 Å². The van der Waals surface area contributed by atoms with Crippen molar-refractivity contribution >= 4 is 11.9 Å². The van der Waals surface area contributed by atoms with Crippen molar-refractivity contribution in [1.29, 1.82) is 0 Å². The molecule has 98 valence electrons. The Bertz CT molecular complexity index is 453. The molecular formula is C12H15NO5. The molecule has 1 unspecified atom stereocenters. The Hall–Kier alpha value is -1.82. The number of hydrogen-bond acceptors (Lipinski definition) is 5. The van der Waals surface area contributed by atoms with Crippen LogP contribution in [0.1, 0.15) is 16.1 Å². The van der Waals surface area contributed by atoms with Crippen LogP contribution in [0.15, 0.2) is 16.7 Å². The molecule has 0 spiro atoms. The summed E-state index contributed by atoms with van der Waals surface area (Å²) >= 11 is 0. The van der Waals surface area contributed by atoms with E-state index in [9.17, 15) is 9.59 Å². The van der Waals surface area contributed by atoms with E-state index < -0.39 is 12.0 Å². The number of aryl methyl sites for hydroxylation is 1. The molecule has 1 aromatic heterocycles. The zero-order valence-corrected chi connectivity index (χ0v) is 10.3. The van der Waals surface area contributed by atoms with E-state index in [0.29, 0.717) is 24.5 Å². The number of ether oxygens (including phenoxy) is 2. The number of rotatable bonds is 2. The quantitative estimate of drug-likeness (QED) is 0.722. The first-order chi connectivity index (χ1) is 8.63. The predicted molar refractivity (Wildman–Crippen MR) is 61.1 cm³/mol. The summed E-state index contributed by atoms with van der Waals surface area (Å²) in [5.41, 5.74) is 0.434. The van der Waals surface area contributed by atoms with Gasteiger partial charge in [0.05, 0.1) is 25.9 Å². The molecule has 6 nitrogen and oxygen atoms in total. The van der Waals surface area contributed by atoms with Gasteiger partial charge >= 0.3 is 5.97 Å². The minimum atomic E-state index is -0.688. The first kappa shape index (κ1) is 12.6. The van der Waals surface area contributed by atoms with E-state index in [1.54, 1.807) is 13.0 Å². The van der Waals surface area contributed by atoms with Gasteiger partial charge in [0.2, 0.25) is 0 Å². The van der Waals surface area contributed by atoms with Gasteiger partial charge in [0.15, 0.2) is 6.04 Å². The lowest BCUT2D eigenvalue weighted by molar-refractivity contribution is -0.151. The number of esters is 1. The van der Waals surface area contributed by atoms with Crippen molar-refractivity contribution in [3.63, 3.8) is 0 Å². The number of methoxy groups -OCH3 is 1. The van der Waals surface area contributed by atoms with Crippen molar-refractivity contribution in [2.45, 2.75) is 13.0 Å². The molecule has 2 rings (SSSR count). The third-order valence-electron chi connectivity index (χ3n) is 2.84. The van der Waals surface area contributed by atoms with Gasteiger partial charge in [-0.05, 0) is 13.0 Å². The molecule has 1 aromatic rings. The lowest BCUT2D eigenvalue weighted by atomic mass is 10.2. The number of nitrogens with zero attached hydrogens (tertiary/aromatic N) is 1. The number of morpholine rings is 1. The van der Waals surface area contributed by atoms with Crippen LogP contribution in [0.25, 0.3) is 0 Å². The van der Waals surface area contributed by atoms with Crippen molar-refractivity contribution in [3.8, 4) is 0 Å². The van der Waals surface area contributed by atoms with E-state index in [1.165, 1.54) is 18.3 Å².